The zero-order valence-corrected chi connectivity index (χ0v) is 11.3. The molecule has 0 amide bonds. The summed E-state index contributed by atoms with van der Waals surface area (Å²) in [5.74, 6) is 0.500. The van der Waals surface area contributed by atoms with Gasteiger partial charge in [-0.05, 0) is 31.5 Å². The van der Waals surface area contributed by atoms with E-state index in [-0.39, 0.29) is 5.69 Å². The maximum absolute atomic E-state index is 10.8. The summed E-state index contributed by atoms with van der Waals surface area (Å²) >= 11 is 0. The average Bonchev–Trinajstić information content (AvgIpc) is 2.42. The maximum atomic E-state index is 10.8. The number of methoxy groups -OCH3 is 1. The van der Waals surface area contributed by atoms with Crippen molar-refractivity contribution in [2.75, 3.05) is 26.9 Å². The molecule has 0 bridgehead atoms. The molecule has 0 radical (unpaired) electrons. The van der Waals surface area contributed by atoms with Crippen molar-refractivity contribution in [3.8, 4) is 5.75 Å². The summed E-state index contributed by atoms with van der Waals surface area (Å²) < 4.78 is 10.3. The standard InChI is InChI=1S/C13H20N2O4/c1-3-19-6-4-5-14-10-11-7-12(15(16)17)9-13(8-11)18-2/h7-9,14H,3-6,10H2,1-2H3. The van der Waals surface area contributed by atoms with Crippen LogP contribution in [0, 0.1) is 10.1 Å². The van der Waals surface area contributed by atoms with Crippen molar-refractivity contribution in [2.24, 2.45) is 0 Å². The van der Waals surface area contributed by atoms with Crippen molar-refractivity contribution in [1.82, 2.24) is 5.32 Å². The lowest BCUT2D eigenvalue weighted by molar-refractivity contribution is -0.385. The predicted molar refractivity (Wildman–Crippen MR) is 72.5 cm³/mol. The van der Waals surface area contributed by atoms with Gasteiger partial charge in [-0.15, -0.1) is 0 Å². The van der Waals surface area contributed by atoms with Gasteiger partial charge in [0.05, 0.1) is 18.1 Å². The topological polar surface area (TPSA) is 73.6 Å². The second-order valence-electron chi connectivity index (χ2n) is 4.02. The Kier molecular flexibility index (Phi) is 6.84. The lowest BCUT2D eigenvalue weighted by Gasteiger charge is -2.07. The second kappa shape index (κ2) is 8.44. The van der Waals surface area contributed by atoms with Crippen molar-refractivity contribution in [1.29, 1.82) is 0 Å². The SMILES string of the molecule is CCOCCCNCc1cc(OC)cc([N+](=O)[O-])c1. The van der Waals surface area contributed by atoms with Crippen LogP contribution in [0.25, 0.3) is 0 Å². The molecule has 0 spiro atoms. The average molecular weight is 268 g/mol. The van der Waals surface area contributed by atoms with Crippen LogP contribution in [0.4, 0.5) is 5.69 Å². The van der Waals surface area contributed by atoms with Crippen LogP contribution in [-0.4, -0.2) is 31.8 Å². The minimum Gasteiger partial charge on any atom is -0.496 e. The Morgan fingerprint density at radius 3 is 2.79 bits per heavy atom. The largest absolute Gasteiger partial charge is 0.496 e. The number of hydrogen-bond acceptors (Lipinski definition) is 5. The van der Waals surface area contributed by atoms with Crippen LogP contribution in [0.2, 0.25) is 0 Å². The van der Waals surface area contributed by atoms with Crippen LogP contribution in [0.5, 0.6) is 5.75 Å². The zero-order chi connectivity index (χ0) is 14.1. The molecule has 1 aromatic carbocycles. The Morgan fingerprint density at radius 1 is 1.37 bits per heavy atom. The molecule has 0 aliphatic heterocycles. The summed E-state index contributed by atoms with van der Waals surface area (Å²) in [6, 6.07) is 4.76. The number of hydrogen-bond donors (Lipinski definition) is 1. The molecular weight excluding hydrogens is 248 g/mol. The zero-order valence-electron chi connectivity index (χ0n) is 11.3. The minimum atomic E-state index is -0.416. The Hall–Kier alpha value is -1.66. The molecule has 0 aromatic heterocycles. The monoisotopic (exact) mass is 268 g/mol. The molecule has 0 atom stereocenters. The Labute approximate surface area is 112 Å². The number of ether oxygens (including phenoxy) is 2. The lowest BCUT2D eigenvalue weighted by atomic mass is 10.2. The molecule has 0 aliphatic carbocycles. The first-order valence-electron chi connectivity index (χ1n) is 6.28. The highest BCUT2D eigenvalue weighted by Gasteiger charge is 2.09. The van der Waals surface area contributed by atoms with E-state index in [0.29, 0.717) is 12.3 Å². The first kappa shape index (κ1) is 15.4. The van der Waals surface area contributed by atoms with Crippen LogP contribution in [0.15, 0.2) is 18.2 Å². The molecule has 19 heavy (non-hydrogen) atoms. The van der Waals surface area contributed by atoms with Gasteiger partial charge in [-0.1, -0.05) is 0 Å². The van der Waals surface area contributed by atoms with E-state index in [0.717, 1.165) is 31.7 Å². The fraction of sp³-hybridized carbons (Fsp3) is 0.538. The maximum Gasteiger partial charge on any atom is 0.273 e. The first-order chi connectivity index (χ1) is 9.17. The fourth-order valence-electron chi connectivity index (χ4n) is 1.65. The number of nitrogens with zero attached hydrogens (tertiary/aromatic N) is 1. The van der Waals surface area contributed by atoms with Gasteiger partial charge in [0.15, 0.2) is 0 Å². The van der Waals surface area contributed by atoms with E-state index in [1.54, 1.807) is 12.1 Å². The van der Waals surface area contributed by atoms with E-state index in [2.05, 4.69) is 5.32 Å². The minimum absolute atomic E-state index is 0.0467. The molecule has 0 aliphatic rings. The lowest BCUT2D eigenvalue weighted by Crippen LogP contribution is -2.16. The summed E-state index contributed by atoms with van der Waals surface area (Å²) in [6.45, 7) is 4.79. The molecule has 0 saturated heterocycles. The molecule has 106 valence electrons. The Bertz CT molecular complexity index is 410. The van der Waals surface area contributed by atoms with Gasteiger partial charge >= 0.3 is 0 Å². The highest BCUT2D eigenvalue weighted by molar-refractivity contribution is 5.42. The summed E-state index contributed by atoms with van der Waals surface area (Å²) in [4.78, 5) is 10.4. The van der Waals surface area contributed by atoms with Crippen LogP contribution in [-0.2, 0) is 11.3 Å². The third-order valence-electron chi connectivity index (χ3n) is 2.57. The summed E-state index contributed by atoms with van der Waals surface area (Å²) in [7, 11) is 1.50. The van der Waals surface area contributed by atoms with Gasteiger partial charge in [0.25, 0.3) is 5.69 Å². The number of nitrogens with one attached hydrogen (secondary N) is 1. The molecule has 6 nitrogen and oxygen atoms in total. The summed E-state index contributed by atoms with van der Waals surface area (Å²) in [5.41, 5.74) is 0.882. The number of benzene rings is 1. The number of nitro groups is 1. The van der Waals surface area contributed by atoms with Gasteiger partial charge in [0.1, 0.15) is 5.75 Å². The van der Waals surface area contributed by atoms with Crippen LogP contribution in [0.3, 0.4) is 0 Å². The molecule has 0 fully saturated rings. The molecule has 0 unspecified atom stereocenters. The summed E-state index contributed by atoms with van der Waals surface area (Å²) in [6.07, 6.45) is 0.917. The highest BCUT2D eigenvalue weighted by atomic mass is 16.6. The molecule has 1 rings (SSSR count). The van der Waals surface area contributed by atoms with Gasteiger partial charge < -0.3 is 14.8 Å². The molecular formula is C13H20N2O4. The smallest absolute Gasteiger partial charge is 0.273 e. The Morgan fingerprint density at radius 2 is 2.16 bits per heavy atom. The van der Waals surface area contributed by atoms with Crippen molar-refractivity contribution in [2.45, 2.75) is 19.9 Å². The van der Waals surface area contributed by atoms with Gasteiger partial charge in [0, 0.05) is 25.8 Å². The van der Waals surface area contributed by atoms with E-state index < -0.39 is 4.92 Å². The van der Waals surface area contributed by atoms with Crippen molar-refractivity contribution < 1.29 is 14.4 Å². The fourth-order valence-corrected chi connectivity index (χ4v) is 1.65. The highest BCUT2D eigenvalue weighted by Crippen LogP contribution is 2.22. The molecule has 0 saturated carbocycles. The van der Waals surface area contributed by atoms with Crippen LogP contribution in [0.1, 0.15) is 18.9 Å². The van der Waals surface area contributed by atoms with Gasteiger partial charge in [-0.25, -0.2) is 0 Å². The van der Waals surface area contributed by atoms with E-state index >= 15 is 0 Å². The third kappa shape index (κ3) is 5.67. The van der Waals surface area contributed by atoms with Crippen molar-refractivity contribution in [3.05, 3.63) is 33.9 Å². The van der Waals surface area contributed by atoms with E-state index in [1.165, 1.54) is 13.2 Å². The Balaban J connectivity index is 2.48. The van der Waals surface area contributed by atoms with Crippen molar-refractivity contribution in [3.63, 3.8) is 0 Å². The first-order valence-corrected chi connectivity index (χ1v) is 6.28. The number of rotatable bonds is 9. The predicted octanol–water partition coefficient (Wildman–Crippen LogP) is 2.12. The van der Waals surface area contributed by atoms with E-state index in [4.69, 9.17) is 9.47 Å². The summed E-state index contributed by atoms with van der Waals surface area (Å²) in [5, 5.41) is 14.0. The van der Waals surface area contributed by atoms with Crippen molar-refractivity contribution >= 4 is 5.69 Å². The molecule has 1 N–H and O–H groups in total. The number of nitro benzene ring substituents is 1. The normalized spacial score (nSPS) is 10.4. The van der Waals surface area contributed by atoms with Gasteiger partial charge in [-0.3, -0.25) is 10.1 Å². The number of non-ortho nitro benzene ring substituents is 1. The molecule has 1 aromatic rings. The van der Waals surface area contributed by atoms with Crippen LogP contribution < -0.4 is 10.1 Å². The quantitative estimate of drug-likeness (QED) is 0.422. The third-order valence-corrected chi connectivity index (χ3v) is 2.57. The van der Waals surface area contributed by atoms with Crippen LogP contribution >= 0.6 is 0 Å². The second-order valence-corrected chi connectivity index (χ2v) is 4.02. The van der Waals surface area contributed by atoms with E-state index in [1.807, 2.05) is 6.92 Å². The van der Waals surface area contributed by atoms with Gasteiger partial charge in [-0.2, -0.15) is 0 Å². The van der Waals surface area contributed by atoms with E-state index in [9.17, 15) is 10.1 Å². The molecule has 6 heteroatoms. The van der Waals surface area contributed by atoms with Gasteiger partial charge in [0.2, 0.25) is 0 Å². The molecule has 0 heterocycles.